The van der Waals surface area contributed by atoms with Crippen molar-refractivity contribution in [2.75, 3.05) is 13.7 Å². The van der Waals surface area contributed by atoms with Crippen molar-refractivity contribution in [1.82, 2.24) is 5.32 Å². The molecule has 116 valence electrons. The molecule has 0 fully saturated rings. The van der Waals surface area contributed by atoms with E-state index in [0.29, 0.717) is 17.0 Å². The van der Waals surface area contributed by atoms with Crippen LogP contribution in [0, 0.1) is 0 Å². The number of hydrogen-bond acceptors (Lipinski definition) is 4. The summed E-state index contributed by atoms with van der Waals surface area (Å²) in [4.78, 5) is 23.7. The summed E-state index contributed by atoms with van der Waals surface area (Å²) in [5.41, 5.74) is 7.68. The summed E-state index contributed by atoms with van der Waals surface area (Å²) in [6.07, 6.45) is 0. The summed E-state index contributed by atoms with van der Waals surface area (Å²) in [6.45, 7) is 2.35. The van der Waals surface area contributed by atoms with E-state index in [2.05, 4.69) is 5.32 Å². The molecule has 0 aliphatic heterocycles. The molecule has 2 rings (SSSR count). The van der Waals surface area contributed by atoms with E-state index in [4.69, 9.17) is 10.5 Å². The average molecular weight is 318 g/mol. The van der Waals surface area contributed by atoms with Crippen LogP contribution in [0.5, 0.6) is 0 Å². The molecule has 1 atom stereocenters. The Morgan fingerprint density at radius 1 is 1.27 bits per heavy atom. The minimum absolute atomic E-state index is 0.0489. The molecular weight excluding hydrogens is 300 g/mol. The van der Waals surface area contributed by atoms with E-state index in [1.54, 1.807) is 25.3 Å². The smallest absolute Gasteiger partial charge is 0.258 e. The molecule has 0 unspecified atom stereocenters. The molecule has 1 aromatic heterocycles. The summed E-state index contributed by atoms with van der Waals surface area (Å²) in [6, 6.07) is 8.92. The zero-order valence-electron chi connectivity index (χ0n) is 12.5. The molecule has 0 aliphatic rings. The maximum Gasteiger partial charge on any atom is 0.258 e. The lowest BCUT2D eigenvalue weighted by Gasteiger charge is -2.12. The molecule has 5 nitrogen and oxygen atoms in total. The van der Waals surface area contributed by atoms with Crippen molar-refractivity contribution in [3.8, 4) is 11.1 Å². The van der Waals surface area contributed by atoms with Gasteiger partial charge in [-0.05, 0) is 41.6 Å². The van der Waals surface area contributed by atoms with Gasteiger partial charge in [0, 0.05) is 18.7 Å². The minimum atomic E-state index is -0.431. The predicted octanol–water partition coefficient (Wildman–Crippen LogP) is 2.28. The number of rotatable bonds is 6. The molecule has 1 heterocycles. The quantitative estimate of drug-likeness (QED) is 0.857. The van der Waals surface area contributed by atoms with Gasteiger partial charge in [-0.2, -0.15) is 0 Å². The van der Waals surface area contributed by atoms with Crippen LogP contribution in [0.1, 0.15) is 27.0 Å². The molecule has 0 aliphatic carbocycles. The van der Waals surface area contributed by atoms with Crippen LogP contribution in [-0.4, -0.2) is 31.6 Å². The van der Waals surface area contributed by atoms with E-state index in [9.17, 15) is 9.59 Å². The summed E-state index contributed by atoms with van der Waals surface area (Å²) in [7, 11) is 1.60. The first-order valence-electron chi connectivity index (χ1n) is 6.80. The Morgan fingerprint density at radius 3 is 2.50 bits per heavy atom. The number of thiophene rings is 1. The Kier molecular flexibility index (Phi) is 5.30. The normalized spacial score (nSPS) is 11.9. The van der Waals surface area contributed by atoms with Crippen LogP contribution in [0.15, 0.2) is 35.7 Å². The summed E-state index contributed by atoms with van der Waals surface area (Å²) >= 11 is 1.31. The van der Waals surface area contributed by atoms with E-state index in [0.717, 1.165) is 11.1 Å². The van der Waals surface area contributed by atoms with E-state index in [1.165, 1.54) is 11.3 Å². The van der Waals surface area contributed by atoms with Crippen molar-refractivity contribution in [3.63, 3.8) is 0 Å². The van der Waals surface area contributed by atoms with Crippen LogP contribution >= 0.6 is 11.3 Å². The van der Waals surface area contributed by atoms with Crippen LogP contribution in [0.3, 0.4) is 0 Å². The number of nitrogens with two attached hydrogens (primary N) is 1. The zero-order chi connectivity index (χ0) is 16.1. The van der Waals surface area contributed by atoms with Gasteiger partial charge in [0.2, 0.25) is 0 Å². The number of amides is 2. The highest BCUT2D eigenvalue weighted by molar-refractivity contribution is 7.12. The first-order valence-corrected chi connectivity index (χ1v) is 7.67. The SMILES string of the molecule is COC[C@@H](C)NC(=O)c1ccc(-c2csc(C(N)=O)c2)cc1. The Labute approximate surface area is 133 Å². The molecule has 1 aromatic carbocycles. The van der Waals surface area contributed by atoms with Crippen LogP contribution in [-0.2, 0) is 4.74 Å². The summed E-state index contributed by atoms with van der Waals surface area (Å²) in [5, 5.41) is 4.72. The van der Waals surface area contributed by atoms with Gasteiger partial charge in [-0.1, -0.05) is 12.1 Å². The van der Waals surface area contributed by atoms with Gasteiger partial charge in [0.25, 0.3) is 11.8 Å². The number of carbonyl (C=O) groups excluding carboxylic acids is 2. The van der Waals surface area contributed by atoms with Gasteiger partial charge >= 0.3 is 0 Å². The molecule has 3 N–H and O–H groups in total. The van der Waals surface area contributed by atoms with E-state index >= 15 is 0 Å². The number of carbonyl (C=O) groups is 2. The lowest BCUT2D eigenvalue weighted by molar-refractivity contribution is 0.0905. The predicted molar refractivity (Wildman–Crippen MR) is 87.1 cm³/mol. The highest BCUT2D eigenvalue weighted by atomic mass is 32.1. The second-order valence-electron chi connectivity index (χ2n) is 4.97. The highest BCUT2D eigenvalue weighted by Gasteiger charge is 2.11. The highest BCUT2D eigenvalue weighted by Crippen LogP contribution is 2.25. The summed E-state index contributed by atoms with van der Waals surface area (Å²) in [5.74, 6) is -0.571. The lowest BCUT2D eigenvalue weighted by Crippen LogP contribution is -2.35. The standard InChI is InChI=1S/C16H18N2O3S/c1-10(8-21-2)18-16(20)12-5-3-11(4-6-12)13-7-14(15(17)19)22-9-13/h3-7,9-10H,8H2,1-2H3,(H2,17,19)(H,18,20)/t10-/m1/s1. The zero-order valence-corrected chi connectivity index (χ0v) is 13.3. The van der Waals surface area contributed by atoms with Crippen LogP contribution in [0.2, 0.25) is 0 Å². The largest absolute Gasteiger partial charge is 0.383 e. The van der Waals surface area contributed by atoms with Gasteiger partial charge in [-0.3, -0.25) is 9.59 Å². The van der Waals surface area contributed by atoms with Crippen molar-refractivity contribution in [2.45, 2.75) is 13.0 Å². The second kappa shape index (κ2) is 7.20. The van der Waals surface area contributed by atoms with E-state index in [-0.39, 0.29) is 11.9 Å². The number of hydrogen-bond donors (Lipinski definition) is 2. The Morgan fingerprint density at radius 2 is 1.95 bits per heavy atom. The maximum absolute atomic E-state index is 12.0. The van der Waals surface area contributed by atoms with Crippen LogP contribution < -0.4 is 11.1 Å². The van der Waals surface area contributed by atoms with Crippen molar-refractivity contribution >= 4 is 23.2 Å². The van der Waals surface area contributed by atoms with Crippen molar-refractivity contribution < 1.29 is 14.3 Å². The topological polar surface area (TPSA) is 81.4 Å². The third-order valence-electron chi connectivity index (χ3n) is 3.12. The molecule has 0 bridgehead atoms. The second-order valence-corrected chi connectivity index (χ2v) is 5.88. The van der Waals surface area contributed by atoms with Gasteiger partial charge in [0.15, 0.2) is 0 Å². The Hall–Kier alpha value is -2.18. The number of ether oxygens (including phenoxy) is 1. The lowest BCUT2D eigenvalue weighted by atomic mass is 10.1. The fourth-order valence-electron chi connectivity index (χ4n) is 2.03. The fourth-order valence-corrected chi connectivity index (χ4v) is 2.80. The van der Waals surface area contributed by atoms with Crippen LogP contribution in [0.25, 0.3) is 11.1 Å². The third-order valence-corrected chi connectivity index (χ3v) is 4.06. The number of primary amides is 1. The van der Waals surface area contributed by atoms with Crippen molar-refractivity contribution in [1.29, 1.82) is 0 Å². The Balaban J connectivity index is 2.09. The number of nitrogens with one attached hydrogen (secondary N) is 1. The molecule has 0 radical (unpaired) electrons. The molecule has 2 amide bonds. The van der Waals surface area contributed by atoms with Gasteiger partial charge < -0.3 is 15.8 Å². The molecular formula is C16H18N2O3S. The maximum atomic E-state index is 12.0. The van der Waals surface area contributed by atoms with Gasteiger partial charge in [0.05, 0.1) is 11.5 Å². The van der Waals surface area contributed by atoms with E-state index < -0.39 is 5.91 Å². The number of methoxy groups -OCH3 is 1. The molecule has 2 aromatic rings. The monoisotopic (exact) mass is 318 g/mol. The molecule has 0 saturated carbocycles. The summed E-state index contributed by atoms with van der Waals surface area (Å²) < 4.78 is 4.99. The van der Waals surface area contributed by atoms with Gasteiger partial charge in [0.1, 0.15) is 0 Å². The van der Waals surface area contributed by atoms with Crippen molar-refractivity contribution in [2.24, 2.45) is 5.73 Å². The molecule has 0 spiro atoms. The minimum Gasteiger partial charge on any atom is -0.383 e. The molecule has 22 heavy (non-hydrogen) atoms. The Bertz CT molecular complexity index is 664. The van der Waals surface area contributed by atoms with Crippen molar-refractivity contribution in [3.05, 3.63) is 46.2 Å². The first kappa shape index (κ1) is 16.2. The van der Waals surface area contributed by atoms with E-state index in [1.807, 2.05) is 24.4 Å². The third kappa shape index (κ3) is 3.93. The molecule has 0 saturated heterocycles. The fraction of sp³-hybridized carbons (Fsp3) is 0.250. The number of benzene rings is 1. The van der Waals surface area contributed by atoms with Gasteiger partial charge in [-0.15, -0.1) is 11.3 Å². The molecule has 6 heteroatoms. The van der Waals surface area contributed by atoms with Crippen LogP contribution in [0.4, 0.5) is 0 Å². The average Bonchev–Trinajstić information content (AvgIpc) is 2.97. The van der Waals surface area contributed by atoms with Gasteiger partial charge in [-0.25, -0.2) is 0 Å². The first-order chi connectivity index (χ1) is 10.5.